The van der Waals surface area contributed by atoms with E-state index < -0.39 is 5.97 Å². The summed E-state index contributed by atoms with van der Waals surface area (Å²) in [5.41, 5.74) is 0.575. The van der Waals surface area contributed by atoms with Crippen molar-refractivity contribution >= 4 is 5.97 Å². The van der Waals surface area contributed by atoms with E-state index in [1.165, 1.54) is 4.68 Å². The lowest BCUT2D eigenvalue weighted by molar-refractivity contribution is 0.0689. The average Bonchev–Trinajstić information content (AvgIpc) is 2.99. The van der Waals surface area contributed by atoms with Gasteiger partial charge in [0.2, 0.25) is 5.89 Å². The molecule has 8 nitrogen and oxygen atoms in total. The van der Waals surface area contributed by atoms with Crippen LogP contribution in [0.2, 0.25) is 0 Å². The van der Waals surface area contributed by atoms with E-state index in [0.717, 1.165) is 19.3 Å². The van der Waals surface area contributed by atoms with Crippen molar-refractivity contribution in [1.29, 1.82) is 0 Å². The topological polar surface area (TPSA) is 107 Å². The quantitative estimate of drug-likeness (QED) is 0.814. The third-order valence-electron chi connectivity index (χ3n) is 2.79. The zero-order valence-electron chi connectivity index (χ0n) is 11.5. The highest BCUT2D eigenvalue weighted by molar-refractivity contribution is 5.86. The number of carboxylic acid groups (broad SMARTS) is 1. The van der Waals surface area contributed by atoms with Crippen molar-refractivity contribution in [3.63, 3.8) is 0 Å². The van der Waals surface area contributed by atoms with Crippen LogP contribution in [0.15, 0.2) is 4.52 Å². The molecule has 0 unspecified atom stereocenters. The van der Waals surface area contributed by atoms with Gasteiger partial charge in [-0.1, -0.05) is 30.6 Å². The number of rotatable bonds is 7. The Labute approximate surface area is 115 Å². The van der Waals surface area contributed by atoms with Gasteiger partial charge in [0, 0.05) is 6.42 Å². The summed E-state index contributed by atoms with van der Waals surface area (Å²) in [5, 5.41) is 20.5. The lowest BCUT2D eigenvalue weighted by Gasteiger charge is -2.02. The average molecular weight is 279 g/mol. The molecule has 0 fully saturated rings. The summed E-state index contributed by atoms with van der Waals surface area (Å²) in [6.07, 6.45) is 3.05. The number of aromatic carboxylic acids is 1. The summed E-state index contributed by atoms with van der Waals surface area (Å²) >= 11 is 0. The summed E-state index contributed by atoms with van der Waals surface area (Å²) in [6, 6.07) is 0. The van der Waals surface area contributed by atoms with Crippen LogP contribution in [-0.2, 0) is 19.4 Å². The second-order valence-corrected chi connectivity index (χ2v) is 4.45. The second-order valence-electron chi connectivity index (χ2n) is 4.45. The molecule has 2 aromatic rings. The molecule has 0 saturated heterocycles. The number of nitrogens with zero attached hydrogens (tertiary/aromatic N) is 5. The normalized spacial score (nSPS) is 10.9. The fourth-order valence-corrected chi connectivity index (χ4v) is 1.91. The van der Waals surface area contributed by atoms with Gasteiger partial charge in [-0.3, -0.25) is 0 Å². The zero-order valence-corrected chi connectivity index (χ0v) is 11.5. The van der Waals surface area contributed by atoms with Crippen molar-refractivity contribution in [3.05, 3.63) is 23.1 Å². The molecule has 0 bridgehead atoms. The molecule has 0 amide bonds. The highest BCUT2D eigenvalue weighted by atomic mass is 16.5. The van der Waals surface area contributed by atoms with Gasteiger partial charge in [0.25, 0.3) is 0 Å². The summed E-state index contributed by atoms with van der Waals surface area (Å²) in [5.74, 6) is -0.00904. The Morgan fingerprint density at radius 3 is 2.70 bits per heavy atom. The molecule has 108 valence electrons. The third-order valence-corrected chi connectivity index (χ3v) is 2.79. The molecule has 0 atom stereocenters. The molecule has 1 N–H and O–H groups in total. The third kappa shape index (κ3) is 3.01. The Hall–Kier alpha value is -2.25. The summed E-state index contributed by atoms with van der Waals surface area (Å²) in [7, 11) is 0. The van der Waals surface area contributed by atoms with E-state index in [9.17, 15) is 4.79 Å². The molecule has 0 saturated carbocycles. The van der Waals surface area contributed by atoms with Crippen LogP contribution >= 0.6 is 0 Å². The van der Waals surface area contributed by atoms with Crippen LogP contribution in [0.3, 0.4) is 0 Å². The first-order chi connectivity index (χ1) is 9.65. The van der Waals surface area contributed by atoms with Gasteiger partial charge in [-0.2, -0.15) is 4.98 Å². The maximum absolute atomic E-state index is 11.1. The Kier molecular flexibility index (Phi) is 4.44. The van der Waals surface area contributed by atoms with Crippen LogP contribution < -0.4 is 0 Å². The number of carbonyl (C=O) groups is 1. The minimum Gasteiger partial charge on any atom is -0.476 e. The number of aryl methyl sites for hydroxylation is 1. The van der Waals surface area contributed by atoms with Crippen LogP contribution in [0.4, 0.5) is 0 Å². The van der Waals surface area contributed by atoms with Crippen molar-refractivity contribution in [2.24, 2.45) is 0 Å². The van der Waals surface area contributed by atoms with Gasteiger partial charge in [0.15, 0.2) is 11.5 Å². The van der Waals surface area contributed by atoms with Gasteiger partial charge in [-0.05, 0) is 12.8 Å². The molecule has 0 aromatic carbocycles. The SMILES string of the molecule is CCCc1nc(Cn2nnc(C(=O)O)c2CCC)no1. The summed E-state index contributed by atoms with van der Waals surface area (Å²) in [4.78, 5) is 15.3. The molecular formula is C12H17N5O3. The molecule has 0 aliphatic heterocycles. The van der Waals surface area contributed by atoms with Gasteiger partial charge in [0.05, 0.1) is 5.69 Å². The number of hydrogen-bond acceptors (Lipinski definition) is 6. The highest BCUT2D eigenvalue weighted by Gasteiger charge is 2.19. The Balaban J connectivity index is 2.21. The first kappa shape index (κ1) is 14.2. The minimum atomic E-state index is -1.07. The van der Waals surface area contributed by atoms with Crippen molar-refractivity contribution in [1.82, 2.24) is 25.1 Å². The monoisotopic (exact) mass is 279 g/mol. The van der Waals surface area contributed by atoms with Gasteiger partial charge >= 0.3 is 5.97 Å². The van der Waals surface area contributed by atoms with Crippen LogP contribution in [-0.4, -0.2) is 36.2 Å². The molecule has 2 rings (SSSR count). The Morgan fingerprint density at radius 1 is 1.30 bits per heavy atom. The van der Waals surface area contributed by atoms with E-state index in [0.29, 0.717) is 23.8 Å². The van der Waals surface area contributed by atoms with E-state index >= 15 is 0 Å². The first-order valence-corrected chi connectivity index (χ1v) is 6.62. The molecule has 20 heavy (non-hydrogen) atoms. The Morgan fingerprint density at radius 2 is 2.05 bits per heavy atom. The molecular weight excluding hydrogens is 262 g/mol. The van der Waals surface area contributed by atoms with Gasteiger partial charge in [0.1, 0.15) is 6.54 Å². The predicted octanol–water partition coefficient (Wildman–Crippen LogP) is 1.31. The van der Waals surface area contributed by atoms with Crippen molar-refractivity contribution in [2.45, 2.75) is 46.1 Å². The Bertz CT molecular complexity index is 590. The molecule has 8 heteroatoms. The predicted molar refractivity (Wildman–Crippen MR) is 68.4 cm³/mol. The van der Waals surface area contributed by atoms with E-state index in [-0.39, 0.29) is 12.2 Å². The fourth-order valence-electron chi connectivity index (χ4n) is 1.91. The number of carboxylic acids is 1. The lowest BCUT2D eigenvalue weighted by Crippen LogP contribution is -2.10. The first-order valence-electron chi connectivity index (χ1n) is 6.62. The van der Waals surface area contributed by atoms with Gasteiger partial charge in [-0.25, -0.2) is 9.48 Å². The van der Waals surface area contributed by atoms with Crippen LogP contribution in [0.25, 0.3) is 0 Å². The maximum atomic E-state index is 11.1. The van der Waals surface area contributed by atoms with Crippen molar-refractivity contribution in [3.8, 4) is 0 Å². The van der Waals surface area contributed by atoms with Crippen molar-refractivity contribution < 1.29 is 14.4 Å². The molecule has 0 spiro atoms. The largest absolute Gasteiger partial charge is 0.476 e. The zero-order chi connectivity index (χ0) is 14.5. The highest BCUT2D eigenvalue weighted by Crippen LogP contribution is 2.10. The lowest BCUT2D eigenvalue weighted by atomic mass is 10.2. The fraction of sp³-hybridized carbons (Fsp3) is 0.583. The molecule has 2 aromatic heterocycles. The standard InChI is InChI=1S/C12H17N5O3/c1-3-5-8-11(12(18)19)14-16-17(8)7-9-13-10(6-4-2)20-15-9/h3-7H2,1-2H3,(H,18,19). The molecule has 0 radical (unpaired) electrons. The van der Waals surface area contributed by atoms with Crippen LogP contribution in [0.1, 0.15) is 54.6 Å². The minimum absolute atomic E-state index is 0.0101. The molecule has 2 heterocycles. The van der Waals surface area contributed by atoms with Crippen molar-refractivity contribution in [2.75, 3.05) is 0 Å². The van der Waals surface area contributed by atoms with E-state index in [2.05, 4.69) is 20.5 Å². The summed E-state index contributed by atoms with van der Waals surface area (Å²) in [6.45, 7) is 4.26. The van der Waals surface area contributed by atoms with E-state index in [4.69, 9.17) is 9.63 Å². The second kappa shape index (κ2) is 6.27. The van der Waals surface area contributed by atoms with Gasteiger partial charge < -0.3 is 9.63 Å². The molecule has 0 aliphatic rings. The van der Waals surface area contributed by atoms with E-state index in [1.807, 2.05) is 13.8 Å². The summed E-state index contributed by atoms with van der Waals surface area (Å²) < 4.78 is 6.61. The number of hydrogen-bond donors (Lipinski definition) is 1. The van der Waals surface area contributed by atoms with Gasteiger partial charge in [-0.15, -0.1) is 5.10 Å². The maximum Gasteiger partial charge on any atom is 0.358 e. The van der Waals surface area contributed by atoms with Crippen LogP contribution in [0.5, 0.6) is 0 Å². The molecule has 0 aliphatic carbocycles. The van der Waals surface area contributed by atoms with E-state index in [1.54, 1.807) is 0 Å². The number of aromatic nitrogens is 5. The van der Waals surface area contributed by atoms with Crippen LogP contribution in [0, 0.1) is 0 Å². The smallest absolute Gasteiger partial charge is 0.358 e.